The average molecular weight is 945 g/mol. The summed E-state index contributed by atoms with van der Waals surface area (Å²) in [5, 5.41) is 42.0. The minimum absolute atomic E-state index is 0.00288. The molecule has 0 saturated heterocycles. The molecule has 6 nitrogen and oxygen atoms in total. The maximum absolute atomic E-state index is 14.0. The first-order valence-electron chi connectivity index (χ1n) is 28.3. The Kier molecular flexibility index (Phi) is 15.9. The molecule has 0 bridgehead atoms. The summed E-state index contributed by atoms with van der Waals surface area (Å²) in [4.78, 5) is 0.387. The molecule has 378 valence electrons. The van der Waals surface area contributed by atoms with E-state index in [4.69, 9.17) is 0 Å². The summed E-state index contributed by atoms with van der Waals surface area (Å²) >= 11 is 0. The van der Waals surface area contributed by atoms with Crippen molar-refractivity contribution in [1.29, 1.82) is 0 Å². The molecule has 67 heavy (non-hydrogen) atoms. The number of rotatable bonds is 14. The Balaban J connectivity index is 0.000000188. The Morgan fingerprint density at radius 3 is 1.60 bits per heavy atom. The van der Waals surface area contributed by atoms with Crippen molar-refractivity contribution in [2.24, 2.45) is 81.8 Å². The molecule has 8 aliphatic rings. The summed E-state index contributed by atoms with van der Waals surface area (Å²) in [6.07, 6.45) is 28.9. The number of benzene rings is 1. The zero-order chi connectivity index (χ0) is 48.1. The van der Waals surface area contributed by atoms with Gasteiger partial charge in [-0.1, -0.05) is 96.9 Å². The fourth-order valence-corrected chi connectivity index (χ4v) is 20.3. The Hall–Kier alpha value is -1.51. The van der Waals surface area contributed by atoms with Crippen molar-refractivity contribution in [3.8, 4) is 0 Å². The second-order valence-corrected chi connectivity index (χ2v) is 27.5. The van der Waals surface area contributed by atoms with Crippen LogP contribution in [0.15, 0.2) is 58.5 Å². The smallest absolute Gasteiger partial charge is 0.181 e. The highest BCUT2D eigenvalue weighted by atomic mass is 32.2. The summed E-state index contributed by atoms with van der Waals surface area (Å²) < 4.78 is 27.9. The SMILES string of the molecule is CCC(O)CC[C@@H](C)[C@H]1CC[C@H]2[C@@H]3CC=C4C[C@](O)(CC)CC[C@@H]4[C@H]3CC[C@]12C.CC[C@@H](O)CC([C@@H](C)[C@H]1CC[C@H]2[C@@H]3CC=C4C[C@](O)(CC)CC[C@@H]4[C@H]3CC[C@]12C)S(=O)(=O)c1ccccc1. The van der Waals surface area contributed by atoms with Crippen LogP contribution in [-0.4, -0.2) is 57.5 Å². The van der Waals surface area contributed by atoms with Crippen LogP contribution >= 0.6 is 0 Å². The maximum Gasteiger partial charge on any atom is 0.181 e. The lowest BCUT2D eigenvalue weighted by molar-refractivity contribution is -0.0464. The molecule has 1 aromatic rings. The van der Waals surface area contributed by atoms with E-state index in [1.54, 1.807) is 29.8 Å². The van der Waals surface area contributed by atoms with E-state index in [9.17, 15) is 28.8 Å². The molecule has 0 heterocycles. The average Bonchev–Trinajstić information content (AvgIpc) is 3.89. The van der Waals surface area contributed by atoms with Gasteiger partial charge in [0.25, 0.3) is 0 Å². The van der Waals surface area contributed by atoms with Crippen LogP contribution in [0.5, 0.6) is 0 Å². The molecule has 0 spiro atoms. The van der Waals surface area contributed by atoms with E-state index in [-0.39, 0.29) is 17.4 Å². The molecular formula is C60H96O6S. The van der Waals surface area contributed by atoms with Crippen LogP contribution in [-0.2, 0) is 9.84 Å². The van der Waals surface area contributed by atoms with Gasteiger partial charge in [0.1, 0.15) is 0 Å². The first-order valence-corrected chi connectivity index (χ1v) is 29.9. The van der Waals surface area contributed by atoms with Crippen LogP contribution in [0, 0.1) is 81.8 Å². The monoisotopic (exact) mass is 945 g/mol. The predicted octanol–water partition coefficient (Wildman–Crippen LogP) is 13.5. The lowest BCUT2D eigenvalue weighted by Crippen LogP contribution is -2.49. The van der Waals surface area contributed by atoms with Crippen LogP contribution in [0.25, 0.3) is 0 Å². The first kappa shape index (κ1) is 51.8. The predicted molar refractivity (Wildman–Crippen MR) is 274 cm³/mol. The van der Waals surface area contributed by atoms with Gasteiger partial charge in [-0.3, -0.25) is 0 Å². The van der Waals surface area contributed by atoms with Gasteiger partial charge in [0.05, 0.1) is 33.6 Å². The number of hydrogen-bond acceptors (Lipinski definition) is 6. The summed E-state index contributed by atoms with van der Waals surface area (Å²) in [6.45, 7) is 18.0. The molecular weight excluding hydrogens is 849 g/mol. The maximum atomic E-state index is 14.0. The number of aliphatic hydroxyl groups excluding tert-OH is 2. The molecule has 7 heteroatoms. The molecule has 9 rings (SSSR count). The highest BCUT2D eigenvalue weighted by Gasteiger charge is 2.60. The lowest BCUT2D eigenvalue weighted by atomic mass is 9.50. The zero-order valence-corrected chi connectivity index (χ0v) is 44.3. The van der Waals surface area contributed by atoms with Gasteiger partial charge in [-0.2, -0.15) is 0 Å². The third kappa shape index (κ3) is 9.90. The summed E-state index contributed by atoms with van der Waals surface area (Å²) in [7, 11) is -3.55. The summed E-state index contributed by atoms with van der Waals surface area (Å²) in [5.74, 6) is 8.02. The Labute approximate surface area is 409 Å². The number of allylic oxidation sites excluding steroid dienone is 2. The molecule has 0 aromatic heterocycles. The molecule has 6 fully saturated rings. The molecule has 4 N–H and O–H groups in total. The summed E-state index contributed by atoms with van der Waals surface area (Å²) in [6, 6.07) is 8.90. The van der Waals surface area contributed by atoms with Crippen molar-refractivity contribution in [2.45, 2.75) is 237 Å². The first-order chi connectivity index (χ1) is 31.8. The minimum Gasteiger partial charge on any atom is -0.393 e. The van der Waals surface area contributed by atoms with Crippen molar-refractivity contribution < 1.29 is 28.8 Å². The van der Waals surface area contributed by atoms with Gasteiger partial charge >= 0.3 is 0 Å². The highest BCUT2D eigenvalue weighted by molar-refractivity contribution is 7.92. The number of sulfone groups is 1. The molecule has 0 amide bonds. The standard InChI is InChI=1S/C33H50O4S.C27H46O2/c1-5-24(34)20-31(38(36,37)25-10-8-7-9-11-25)22(3)29-14-15-30-28-13-12-23-21-33(35,6-2)19-17-26(23)27(28)16-18-32(29,30)4;1-5-20(28)9-7-18(3)24-11-12-25-23-10-8-19-17-27(29,6-2)16-14-21(19)22(23)13-15-26(24,25)4/h7-12,22,24,26-31,34-35H,5-6,13-21H2,1-4H3;8,18,20-25,28-29H,5-7,9-17H2,1-4H3/t22-,24+,26-,27+,28+,29+,30-,31?,32+,33-;18-,20?,21+,22-,23-,24-,25+,26-,27+/m01/s1. The van der Waals surface area contributed by atoms with Crippen molar-refractivity contribution in [3.05, 3.63) is 53.6 Å². The van der Waals surface area contributed by atoms with Gasteiger partial charge in [0, 0.05) is 0 Å². The van der Waals surface area contributed by atoms with Crippen molar-refractivity contribution in [1.82, 2.24) is 0 Å². The van der Waals surface area contributed by atoms with Gasteiger partial charge in [-0.15, -0.1) is 0 Å². The van der Waals surface area contributed by atoms with E-state index in [0.717, 1.165) is 106 Å². The minimum atomic E-state index is -3.55. The fourth-order valence-electron chi connectivity index (χ4n) is 18.2. The summed E-state index contributed by atoms with van der Waals surface area (Å²) in [5.41, 5.74) is 2.87. The van der Waals surface area contributed by atoms with Crippen molar-refractivity contribution >= 4 is 9.84 Å². The van der Waals surface area contributed by atoms with E-state index < -0.39 is 32.4 Å². The lowest BCUT2D eigenvalue weighted by Gasteiger charge is -2.55. The van der Waals surface area contributed by atoms with Crippen LogP contribution in [0.2, 0.25) is 0 Å². The number of fused-ring (bicyclic) bond motifs is 10. The topological polar surface area (TPSA) is 115 Å². The third-order valence-corrected chi connectivity index (χ3v) is 24.8. The van der Waals surface area contributed by atoms with E-state index >= 15 is 0 Å². The second-order valence-electron chi connectivity index (χ2n) is 25.3. The molecule has 0 radical (unpaired) electrons. The van der Waals surface area contributed by atoms with E-state index in [1.807, 2.05) is 13.0 Å². The van der Waals surface area contributed by atoms with Gasteiger partial charge in [0.2, 0.25) is 0 Å². The fraction of sp³-hybridized carbons (Fsp3) is 0.833. The Morgan fingerprint density at radius 2 is 1.10 bits per heavy atom. The van der Waals surface area contributed by atoms with Crippen LogP contribution in [0.4, 0.5) is 0 Å². The quantitative estimate of drug-likeness (QED) is 0.138. The highest BCUT2D eigenvalue weighted by Crippen LogP contribution is 2.67. The van der Waals surface area contributed by atoms with Gasteiger partial charge in [-0.25, -0.2) is 8.42 Å². The largest absolute Gasteiger partial charge is 0.393 e. The zero-order valence-electron chi connectivity index (χ0n) is 43.5. The molecule has 8 aliphatic carbocycles. The van der Waals surface area contributed by atoms with Crippen molar-refractivity contribution in [3.63, 3.8) is 0 Å². The van der Waals surface area contributed by atoms with Gasteiger partial charge in [0.15, 0.2) is 9.84 Å². The molecule has 19 atom stereocenters. The third-order valence-electron chi connectivity index (χ3n) is 22.4. The normalized spacial score (nSPS) is 42.3. The Morgan fingerprint density at radius 1 is 0.612 bits per heavy atom. The van der Waals surface area contributed by atoms with Crippen LogP contribution in [0.1, 0.15) is 203 Å². The number of aliphatic hydroxyl groups is 4. The van der Waals surface area contributed by atoms with E-state index in [1.165, 1.54) is 69.8 Å². The van der Waals surface area contributed by atoms with Crippen LogP contribution in [0.3, 0.4) is 0 Å². The van der Waals surface area contributed by atoms with E-state index in [0.29, 0.717) is 52.7 Å². The molecule has 1 aromatic carbocycles. The van der Waals surface area contributed by atoms with Gasteiger partial charge in [-0.05, 0) is 242 Å². The molecule has 0 aliphatic heterocycles. The van der Waals surface area contributed by atoms with Gasteiger partial charge < -0.3 is 20.4 Å². The second kappa shape index (κ2) is 20.5. The molecule has 6 saturated carbocycles. The Bertz CT molecular complexity index is 2000. The number of hydrogen-bond donors (Lipinski definition) is 4. The van der Waals surface area contributed by atoms with Crippen LogP contribution < -0.4 is 0 Å². The van der Waals surface area contributed by atoms with Crippen molar-refractivity contribution in [2.75, 3.05) is 0 Å². The molecule has 2 unspecified atom stereocenters. The van der Waals surface area contributed by atoms with E-state index in [2.05, 4.69) is 60.6 Å².